The van der Waals surface area contributed by atoms with Gasteiger partial charge in [0.15, 0.2) is 5.75 Å². The van der Waals surface area contributed by atoms with Crippen LogP contribution >= 0.6 is 11.3 Å². The summed E-state index contributed by atoms with van der Waals surface area (Å²) in [7, 11) is 1.98. The lowest BCUT2D eigenvalue weighted by atomic mass is 10.2. The molecule has 14 heavy (non-hydrogen) atoms. The van der Waals surface area contributed by atoms with Crippen LogP contribution in [0.15, 0.2) is 5.38 Å². The van der Waals surface area contributed by atoms with Crippen LogP contribution in [-0.2, 0) is 11.2 Å². The quantitative estimate of drug-likeness (QED) is 0.802. The molecule has 2 rings (SSSR count). The van der Waals surface area contributed by atoms with E-state index >= 15 is 0 Å². The first kappa shape index (κ1) is 9.33. The predicted molar refractivity (Wildman–Crippen MR) is 54.4 cm³/mol. The molecule has 0 amide bonds. The molecule has 0 unspecified atom stereocenters. The molecule has 1 aliphatic heterocycles. The van der Waals surface area contributed by atoms with Gasteiger partial charge in [-0.3, -0.25) is 4.79 Å². The smallest absolute Gasteiger partial charge is 0.308 e. The van der Waals surface area contributed by atoms with Crippen LogP contribution in [0.3, 0.4) is 0 Å². The molecule has 0 atom stereocenters. The third kappa shape index (κ3) is 1.55. The number of carbonyl (C=O) groups is 1. The minimum Gasteiger partial charge on any atom is -0.488 e. The summed E-state index contributed by atoms with van der Waals surface area (Å²) < 4.78 is 5.47. The molecule has 76 valence electrons. The van der Waals surface area contributed by atoms with Gasteiger partial charge in [-0.25, -0.2) is 0 Å². The van der Waals surface area contributed by atoms with Crippen molar-refractivity contribution in [2.24, 2.45) is 0 Å². The van der Waals surface area contributed by atoms with Crippen molar-refractivity contribution in [1.29, 1.82) is 0 Å². The second-order valence-corrected chi connectivity index (χ2v) is 4.18. The van der Waals surface area contributed by atoms with Gasteiger partial charge in [-0.15, -0.1) is 11.3 Å². The molecule has 5 heteroatoms. The number of likely N-dealkylation sites (N-methyl/N-ethyl adjacent to an activating group) is 1. The van der Waals surface area contributed by atoms with Crippen LogP contribution in [0, 0.1) is 0 Å². The summed E-state index contributed by atoms with van der Waals surface area (Å²) >= 11 is 1.45. The van der Waals surface area contributed by atoms with Crippen molar-refractivity contribution in [2.45, 2.75) is 6.42 Å². The summed E-state index contributed by atoms with van der Waals surface area (Å²) in [5.41, 5.74) is 1.01. The normalized spacial score (nSPS) is 14.8. The Morgan fingerprint density at radius 1 is 1.79 bits per heavy atom. The fourth-order valence-electron chi connectivity index (χ4n) is 1.46. The minimum absolute atomic E-state index is 0.0494. The number of carboxylic acids is 1. The third-order valence-corrected chi connectivity index (χ3v) is 3.15. The van der Waals surface area contributed by atoms with Crippen LogP contribution < -0.4 is 9.64 Å². The predicted octanol–water partition coefficient (Wildman–Crippen LogP) is 1.20. The lowest BCUT2D eigenvalue weighted by Crippen LogP contribution is -2.28. The van der Waals surface area contributed by atoms with E-state index in [0.717, 1.165) is 22.9 Å². The van der Waals surface area contributed by atoms with Gasteiger partial charge in [0, 0.05) is 12.4 Å². The fraction of sp³-hybridized carbons (Fsp3) is 0.444. The van der Waals surface area contributed by atoms with Gasteiger partial charge < -0.3 is 14.7 Å². The zero-order valence-corrected chi connectivity index (χ0v) is 8.63. The average Bonchev–Trinajstić information content (AvgIpc) is 2.49. The summed E-state index contributed by atoms with van der Waals surface area (Å²) in [5, 5.41) is 10.6. The van der Waals surface area contributed by atoms with Crippen LogP contribution in [0.1, 0.15) is 4.88 Å². The van der Waals surface area contributed by atoms with E-state index in [0.29, 0.717) is 6.61 Å². The Morgan fingerprint density at radius 2 is 2.57 bits per heavy atom. The largest absolute Gasteiger partial charge is 0.488 e. The maximum Gasteiger partial charge on any atom is 0.308 e. The zero-order chi connectivity index (χ0) is 10.1. The van der Waals surface area contributed by atoms with Crippen LogP contribution in [0.2, 0.25) is 0 Å². The first-order chi connectivity index (χ1) is 6.68. The molecule has 1 aliphatic rings. The van der Waals surface area contributed by atoms with E-state index in [1.54, 1.807) is 0 Å². The Morgan fingerprint density at radius 3 is 3.29 bits per heavy atom. The van der Waals surface area contributed by atoms with E-state index in [9.17, 15) is 4.79 Å². The highest BCUT2D eigenvalue weighted by atomic mass is 32.1. The van der Waals surface area contributed by atoms with Crippen molar-refractivity contribution in [3.8, 4) is 5.75 Å². The maximum absolute atomic E-state index is 10.6. The molecule has 0 bridgehead atoms. The van der Waals surface area contributed by atoms with Gasteiger partial charge in [-0.1, -0.05) is 0 Å². The Labute approximate surface area is 85.7 Å². The first-order valence-electron chi connectivity index (χ1n) is 4.34. The molecule has 2 heterocycles. The van der Waals surface area contributed by atoms with Crippen LogP contribution in [-0.4, -0.2) is 31.3 Å². The molecule has 0 saturated carbocycles. The molecular formula is C9H11NO3S. The summed E-state index contributed by atoms with van der Waals surface area (Å²) in [5.74, 6) is -0.0578. The molecule has 1 N–H and O–H groups in total. The molecule has 1 aromatic rings. The maximum atomic E-state index is 10.6. The number of aliphatic carboxylic acids is 1. The number of fused-ring (bicyclic) bond motifs is 1. The van der Waals surface area contributed by atoms with Crippen molar-refractivity contribution >= 4 is 23.0 Å². The van der Waals surface area contributed by atoms with E-state index in [-0.39, 0.29) is 6.42 Å². The number of hydrogen-bond donors (Lipinski definition) is 1. The molecular weight excluding hydrogens is 202 g/mol. The SMILES string of the molecule is CN1CCOc2c1csc2CC(=O)O. The van der Waals surface area contributed by atoms with Crippen molar-refractivity contribution in [2.75, 3.05) is 25.1 Å². The van der Waals surface area contributed by atoms with E-state index in [1.807, 2.05) is 12.4 Å². The fourth-order valence-corrected chi connectivity index (χ4v) is 2.48. The lowest BCUT2D eigenvalue weighted by Gasteiger charge is -2.25. The van der Waals surface area contributed by atoms with Gasteiger partial charge >= 0.3 is 5.97 Å². The Bertz CT molecular complexity index is 361. The van der Waals surface area contributed by atoms with Gasteiger partial charge in [-0.2, -0.15) is 0 Å². The summed E-state index contributed by atoms with van der Waals surface area (Å²) in [6.07, 6.45) is 0.0494. The van der Waals surface area contributed by atoms with Gasteiger partial charge in [-0.05, 0) is 0 Å². The molecule has 0 saturated heterocycles. The second kappa shape index (κ2) is 3.49. The van der Waals surface area contributed by atoms with Crippen molar-refractivity contribution in [3.63, 3.8) is 0 Å². The second-order valence-electron chi connectivity index (χ2n) is 3.21. The van der Waals surface area contributed by atoms with Crippen molar-refractivity contribution < 1.29 is 14.6 Å². The van der Waals surface area contributed by atoms with E-state index in [1.165, 1.54) is 11.3 Å². The Hall–Kier alpha value is -1.23. The topological polar surface area (TPSA) is 49.8 Å². The number of hydrogen-bond acceptors (Lipinski definition) is 4. The van der Waals surface area contributed by atoms with E-state index in [4.69, 9.17) is 9.84 Å². The van der Waals surface area contributed by atoms with Crippen molar-refractivity contribution in [3.05, 3.63) is 10.3 Å². The number of carboxylic acid groups (broad SMARTS) is 1. The molecule has 0 radical (unpaired) electrons. The van der Waals surface area contributed by atoms with Gasteiger partial charge in [0.25, 0.3) is 0 Å². The van der Waals surface area contributed by atoms with E-state index < -0.39 is 5.97 Å². The highest BCUT2D eigenvalue weighted by Gasteiger charge is 2.21. The summed E-state index contributed by atoms with van der Waals surface area (Å²) in [4.78, 5) is 13.5. The van der Waals surface area contributed by atoms with Gasteiger partial charge in [0.1, 0.15) is 6.61 Å². The number of thiophene rings is 1. The molecule has 0 aliphatic carbocycles. The lowest BCUT2D eigenvalue weighted by molar-refractivity contribution is -0.136. The van der Waals surface area contributed by atoms with Gasteiger partial charge in [0.2, 0.25) is 0 Å². The number of anilines is 1. The first-order valence-corrected chi connectivity index (χ1v) is 5.22. The molecule has 1 aromatic heterocycles. The molecule has 0 aromatic carbocycles. The molecule has 0 spiro atoms. The van der Waals surface area contributed by atoms with E-state index in [2.05, 4.69) is 4.90 Å². The van der Waals surface area contributed by atoms with Gasteiger partial charge in [0.05, 0.1) is 23.5 Å². The highest BCUT2D eigenvalue weighted by Crippen LogP contribution is 2.39. The summed E-state index contributed by atoms with van der Waals surface area (Å²) in [6.45, 7) is 1.49. The number of nitrogens with zero attached hydrogens (tertiary/aromatic N) is 1. The average molecular weight is 213 g/mol. The molecule has 4 nitrogen and oxygen atoms in total. The van der Waals surface area contributed by atoms with Crippen LogP contribution in [0.4, 0.5) is 5.69 Å². The van der Waals surface area contributed by atoms with Crippen LogP contribution in [0.5, 0.6) is 5.75 Å². The standard InChI is InChI=1S/C9H11NO3S/c1-10-2-3-13-9-6(10)5-14-7(9)4-8(11)12/h5H,2-4H2,1H3,(H,11,12). The zero-order valence-electron chi connectivity index (χ0n) is 7.82. The minimum atomic E-state index is -0.813. The van der Waals surface area contributed by atoms with Crippen LogP contribution in [0.25, 0.3) is 0 Å². The molecule has 0 fully saturated rings. The summed E-state index contributed by atoms with van der Waals surface area (Å²) in [6, 6.07) is 0. The Balaban J connectivity index is 2.31. The number of rotatable bonds is 2. The number of ether oxygens (including phenoxy) is 1. The van der Waals surface area contributed by atoms with Crippen molar-refractivity contribution in [1.82, 2.24) is 0 Å². The highest BCUT2D eigenvalue weighted by molar-refractivity contribution is 7.11. The Kier molecular flexibility index (Phi) is 2.33. The third-order valence-electron chi connectivity index (χ3n) is 2.19. The monoisotopic (exact) mass is 213 g/mol.